The molecule has 2 fully saturated rings. The van der Waals surface area contributed by atoms with Gasteiger partial charge < -0.3 is 4.90 Å². The Hall–Kier alpha value is -0.0800. The van der Waals surface area contributed by atoms with Crippen LogP contribution in [0, 0.1) is 5.92 Å². The molecule has 0 aromatic heterocycles. The summed E-state index contributed by atoms with van der Waals surface area (Å²) in [4.78, 5) is 5.10. The Morgan fingerprint density at radius 1 is 1.07 bits per heavy atom. The van der Waals surface area contributed by atoms with Gasteiger partial charge in [0, 0.05) is 25.2 Å². The van der Waals surface area contributed by atoms with Gasteiger partial charge in [0.05, 0.1) is 0 Å². The minimum absolute atomic E-state index is 0.448. The van der Waals surface area contributed by atoms with Crippen LogP contribution in [0.3, 0.4) is 0 Å². The Kier molecular flexibility index (Phi) is 2.85. The van der Waals surface area contributed by atoms with E-state index in [4.69, 9.17) is 0 Å². The third-order valence-electron chi connectivity index (χ3n) is 4.51. The number of hydrogen-bond donors (Lipinski definition) is 0. The van der Waals surface area contributed by atoms with Gasteiger partial charge in [-0.3, -0.25) is 4.90 Å². The zero-order chi connectivity index (χ0) is 10.2. The topological polar surface area (TPSA) is 6.48 Å². The van der Waals surface area contributed by atoms with Crippen LogP contribution in [0.2, 0.25) is 0 Å². The molecule has 1 aliphatic heterocycles. The molecule has 0 N–H and O–H groups in total. The second-order valence-corrected chi connectivity index (χ2v) is 5.50. The molecular weight excluding hydrogens is 172 g/mol. The van der Waals surface area contributed by atoms with Crippen molar-refractivity contribution in [2.24, 2.45) is 5.92 Å². The average molecular weight is 196 g/mol. The van der Waals surface area contributed by atoms with E-state index in [9.17, 15) is 0 Å². The summed E-state index contributed by atoms with van der Waals surface area (Å²) in [7, 11) is 4.57. The maximum Gasteiger partial charge on any atom is 0.0333 e. The third-order valence-corrected chi connectivity index (χ3v) is 4.51. The fourth-order valence-corrected chi connectivity index (χ4v) is 3.31. The number of rotatable bonds is 1. The summed E-state index contributed by atoms with van der Waals surface area (Å²) < 4.78 is 0. The van der Waals surface area contributed by atoms with E-state index in [2.05, 4.69) is 30.8 Å². The number of hydrogen-bond acceptors (Lipinski definition) is 2. The summed E-state index contributed by atoms with van der Waals surface area (Å²) in [5.41, 5.74) is 0.448. The largest absolute Gasteiger partial charge is 0.303 e. The van der Waals surface area contributed by atoms with Crippen LogP contribution >= 0.6 is 0 Å². The van der Waals surface area contributed by atoms with Crippen molar-refractivity contribution in [3.63, 3.8) is 0 Å². The van der Waals surface area contributed by atoms with Gasteiger partial charge in [-0.25, -0.2) is 0 Å². The van der Waals surface area contributed by atoms with Crippen LogP contribution < -0.4 is 0 Å². The second kappa shape index (κ2) is 3.82. The molecule has 2 rings (SSSR count). The van der Waals surface area contributed by atoms with Crippen LogP contribution in [0.1, 0.15) is 32.6 Å². The molecule has 1 aliphatic carbocycles. The van der Waals surface area contributed by atoms with Crippen LogP contribution in [-0.4, -0.2) is 49.1 Å². The summed E-state index contributed by atoms with van der Waals surface area (Å²) in [5.74, 6) is 0.940. The first-order valence-electron chi connectivity index (χ1n) is 6.03. The fraction of sp³-hybridized carbons (Fsp3) is 1.00. The molecule has 0 spiro atoms. The molecule has 0 aromatic carbocycles. The van der Waals surface area contributed by atoms with E-state index in [0.717, 1.165) is 5.92 Å². The van der Waals surface area contributed by atoms with Gasteiger partial charge in [-0.05, 0) is 39.8 Å². The zero-order valence-corrected chi connectivity index (χ0v) is 9.92. The Labute approximate surface area is 88.3 Å². The molecule has 2 heteroatoms. The molecule has 1 saturated carbocycles. The van der Waals surface area contributed by atoms with E-state index in [0.29, 0.717) is 5.54 Å². The first-order chi connectivity index (χ1) is 6.63. The predicted octanol–water partition coefficient (Wildman–Crippen LogP) is 1.81. The van der Waals surface area contributed by atoms with Crippen LogP contribution in [0.25, 0.3) is 0 Å². The van der Waals surface area contributed by atoms with Gasteiger partial charge in [-0.2, -0.15) is 0 Å². The lowest BCUT2D eigenvalue weighted by molar-refractivity contribution is -0.00144. The van der Waals surface area contributed by atoms with Crippen LogP contribution in [0.4, 0.5) is 0 Å². The van der Waals surface area contributed by atoms with Crippen molar-refractivity contribution in [2.45, 2.75) is 38.1 Å². The van der Waals surface area contributed by atoms with Crippen molar-refractivity contribution < 1.29 is 0 Å². The quantitative estimate of drug-likeness (QED) is 0.631. The van der Waals surface area contributed by atoms with E-state index in [1.165, 1.54) is 45.3 Å². The molecule has 0 amide bonds. The van der Waals surface area contributed by atoms with Crippen LogP contribution in [-0.2, 0) is 0 Å². The molecule has 82 valence electrons. The van der Waals surface area contributed by atoms with E-state index in [-0.39, 0.29) is 0 Å². The predicted molar refractivity (Wildman–Crippen MR) is 60.5 cm³/mol. The molecule has 14 heavy (non-hydrogen) atoms. The lowest BCUT2D eigenvalue weighted by atomic mass is 9.81. The molecule has 0 radical (unpaired) electrons. The Morgan fingerprint density at radius 3 is 2.36 bits per heavy atom. The standard InChI is InChI=1S/C12H24N2/c1-12(11-6-4-5-7-11)10-13(2)8-9-14(12)3/h11H,4-10H2,1-3H3. The van der Waals surface area contributed by atoms with E-state index in [1.807, 2.05) is 0 Å². The minimum Gasteiger partial charge on any atom is -0.303 e. The van der Waals surface area contributed by atoms with Gasteiger partial charge in [-0.1, -0.05) is 12.8 Å². The van der Waals surface area contributed by atoms with Gasteiger partial charge in [-0.15, -0.1) is 0 Å². The third kappa shape index (κ3) is 1.70. The maximum atomic E-state index is 2.60. The Balaban J connectivity index is 2.09. The monoisotopic (exact) mass is 196 g/mol. The fourth-order valence-electron chi connectivity index (χ4n) is 3.31. The van der Waals surface area contributed by atoms with Crippen LogP contribution in [0.5, 0.6) is 0 Å². The molecule has 1 heterocycles. The number of piperazine rings is 1. The molecule has 1 unspecified atom stereocenters. The number of nitrogens with zero attached hydrogens (tertiary/aromatic N) is 2. The zero-order valence-electron chi connectivity index (χ0n) is 9.92. The van der Waals surface area contributed by atoms with Crippen molar-refractivity contribution in [1.29, 1.82) is 0 Å². The highest BCUT2D eigenvalue weighted by atomic mass is 15.3. The van der Waals surface area contributed by atoms with E-state index >= 15 is 0 Å². The van der Waals surface area contributed by atoms with Crippen molar-refractivity contribution in [1.82, 2.24) is 9.80 Å². The van der Waals surface area contributed by atoms with E-state index in [1.54, 1.807) is 0 Å². The Morgan fingerprint density at radius 2 is 1.71 bits per heavy atom. The molecule has 1 atom stereocenters. The molecule has 1 saturated heterocycles. The minimum atomic E-state index is 0.448. The van der Waals surface area contributed by atoms with E-state index < -0.39 is 0 Å². The smallest absolute Gasteiger partial charge is 0.0333 e. The summed E-state index contributed by atoms with van der Waals surface area (Å²) >= 11 is 0. The molecule has 2 aliphatic rings. The molecule has 0 aromatic rings. The van der Waals surface area contributed by atoms with Crippen molar-refractivity contribution in [3.8, 4) is 0 Å². The van der Waals surface area contributed by atoms with Gasteiger partial charge in [0.15, 0.2) is 0 Å². The summed E-state index contributed by atoms with van der Waals surface area (Å²) in [6.07, 6.45) is 5.82. The summed E-state index contributed by atoms with van der Waals surface area (Å²) in [6.45, 7) is 6.20. The maximum absolute atomic E-state index is 2.60. The number of likely N-dealkylation sites (N-methyl/N-ethyl adjacent to an activating group) is 2. The van der Waals surface area contributed by atoms with Gasteiger partial charge >= 0.3 is 0 Å². The normalized spacial score (nSPS) is 37.9. The van der Waals surface area contributed by atoms with Gasteiger partial charge in [0.2, 0.25) is 0 Å². The lowest BCUT2D eigenvalue weighted by Crippen LogP contribution is -2.61. The average Bonchev–Trinajstić information content (AvgIpc) is 2.65. The van der Waals surface area contributed by atoms with Gasteiger partial charge in [0.1, 0.15) is 0 Å². The molecule has 0 bridgehead atoms. The molecular formula is C12H24N2. The highest BCUT2D eigenvalue weighted by Crippen LogP contribution is 2.38. The first kappa shape index (κ1) is 10.4. The first-order valence-corrected chi connectivity index (χ1v) is 6.03. The molecule has 2 nitrogen and oxygen atoms in total. The van der Waals surface area contributed by atoms with Gasteiger partial charge in [0.25, 0.3) is 0 Å². The highest BCUT2D eigenvalue weighted by molar-refractivity contribution is 4.98. The summed E-state index contributed by atoms with van der Waals surface area (Å²) in [5, 5.41) is 0. The highest BCUT2D eigenvalue weighted by Gasteiger charge is 2.41. The van der Waals surface area contributed by atoms with Crippen molar-refractivity contribution in [2.75, 3.05) is 33.7 Å². The van der Waals surface area contributed by atoms with Crippen LogP contribution in [0.15, 0.2) is 0 Å². The Bertz CT molecular complexity index is 198. The van der Waals surface area contributed by atoms with Crippen molar-refractivity contribution >= 4 is 0 Å². The van der Waals surface area contributed by atoms with Crippen molar-refractivity contribution in [3.05, 3.63) is 0 Å². The SMILES string of the molecule is CN1CCN(C)C(C)(C2CCCC2)C1. The second-order valence-electron chi connectivity index (χ2n) is 5.50. The lowest BCUT2D eigenvalue weighted by Gasteiger charge is -2.50. The summed E-state index contributed by atoms with van der Waals surface area (Å²) in [6, 6.07) is 0.